The number of piperazine rings is 1. The van der Waals surface area contributed by atoms with Gasteiger partial charge in [0.2, 0.25) is 6.29 Å². The Bertz CT molecular complexity index is 2480. The summed E-state index contributed by atoms with van der Waals surface area (Å²) >= 11 is 7.02. The topological polar surface area (TPSA) is 186 Å². The zero-order valence-corrected chi connectivity index (χ0v) is 35.3. The molecule has 8 rings (SSSR count). The number of hydrogen-bond donors (Lipinski definition) is 2. The van der Waals surface area contributed by atoms with Gasteiger partial charge in [-0.05, 0) is 75.2 Å². The van der Waals surface area contributed by atoms with E-state index in [0.717, 1.165) is 44.8 Å². The van der Waals surface area contributed by atoms with Gasteiger partial charge in [-0.1, -0.05) is 37.4 Å². The lowest BCUT2D eigenvalue weighted by Crippen LogP contribution is -2.56. The van der Waals surface area contributed by atoms with Gasteiger partial charge in [0, 0.05) is 31.0 Å². The van der Waals surface area contributed by atoms with E-state index in [0.29, 0.717) is 18.2 Å². The number of anilines is 1. The van der Waals surface area contributed by atoms with E-state index in [1.165, 1.54) is 25.1 Å². The molecule has 3 unspecified atom stereocenters. The second-order valence-electron chi connectivity index (χ2n) is 16.1. The minimum Gasteiger partial charge on any atom is -0.467 e. The Balaban J connectivity index is 1.21. The first-order valence-electron chi connectivity index (χ1n) is 20.0. The minimum absolute atomic E-state index is 0.0355. The first-order valence-corrected chi connectivity index (χ1v) is 21.9. The number of halogens is 3. The molecule has 3 atom stereocenters. The number of hydrogen-bond acceptors (Lipinski definition) is 13. The highest BCUT2D eigenvalue weighted by atomic mass is 35.5. The average molecular weight is 885 g/mol. The lowest BCUT2D eigenvalue weighted by atomic mass is 9.95. The van der Waals surface area contributed by atoms with E-state index in [1.54, 1.807) is 18.7 Å². The van der Waals surface area contributed by atoms with Gasteiger partial charge in [-0.3, -0.25) is 14.6 Å². The van der Waals surface area contributed by atoms with Crippen LogP contribution in [-0.4, -0.2) is 110 Å². The molecule has 0 aliphatic carbocycles. The highest BCUT2D eigenvalue weighted by Gasteiger charge is 2.47. The van der Waals surface area contributed by atoms with Crippen LogP contribution in [-0.2, 0) is 23.4 Å². The number of pyridine rings is 1. The summed E-state index contributed by atoms with van der Waals surface area (Å²) in [5.74, 6) is -0.114. The molecule has 4 aliphatic heterocycles. The van der Waals surface area contributed by atoms with Crippen molar-refractivity contribution in [2.24, 2.45) is 5.92 Å². The summed E-state index contributed by atoms with van der Waals surface area (Å²) in [6, 6.07) is 4.41. The molecule has 4 fully saturated rings. The van der Waals surface area contributed by atoms with Gasteiger partial charge in [-0.25, -0.2) is 27.6 Å². The summed E-state index contributed by atoms with van der Waals surface area (Å²) < 4.78 is 71.3. The largest absolute Gasteiger partial charge is 0.472 e. The molecule has 0 spiro atoms. The van der Waals surface area contributed by atoms with Crippen LogP contribution in [0.3, 0.4) is 0 Å². The molecule has 61 heavy (non-hydrogen) atoms. The number of benzene rings is 2. The number of esters is 1. The number of phosphoric ester groups is 1. The van der Waals surface area contributed by atoms with E-state index in [4.69, 9.17) is 42.0 Å². The van der Waals surface area contributed by atoms with Gasteiger partial charge in [-0.15, -0.1) is 6.42 Å². The van der Waals surface area contributed by atoms with Gasteiger partial charge in [-0.2, -0.15) is 9.97 Å². The Hall–Kier alpha value is -4.89. The van der Waals surface area contributed by atoms with Crippen LogP contribution in [0.5, 0.6) is 11.8 Å². The SMILES string of the molecule is C#Cc1c(F)ccc2cc(OCOP(=O)(O)O)cc(-c3nc(Cl)c4c(N5CC6CCC(C5)N6C(=O)OC(C)OC(=O)C(C)C)nc(OCC56CCCN5CCC6)nc4c3F)c12. The number of carbonyl (C=O) groups excluding carboxylic acids is 2. The van der Waals surface area contributed by atoms with Gasteiger partial charge in [0.1, 0.15) is 40.4 Å². The van der Waals surface area contributed by atoms with Crippen LogP contribution in [0.2, 0.25) is 5.15 Å². The molecule has 20 heteroatoms. The molecule has 4 saturated heterocycles. The summed E-state index contributed by atoms with van der Waals surface area (Å²) in [5.41, 5.74) is -1.09. The van der Waals surface area contributed by atoms with Gasteiger partial charge in [0.25, 0.3) is 0 Å². The first-order chi connectivity index (χ1) is 29.1. The highest BCUT2D eigenvalue weighted by Crippen LogP contribution is 2.44. The maximum Gasteiger partial charge on any atom is 0.472 e. The quantitative estimate of drug-likeness (QED) is 0.0513. The van der Waals surface area contributed by atoms with Crippen LogP contribution in [0.4, 0.5) is 19.4 Å². The molecule has 2 bridgehead atoms. The molecule has 4 aliphatic rings. The van der Waals surface area contributed by atoms with E-state index in [-0.39, 0.29) is 93.2 Å². The van der Waals surface area contributed by atoms with Crippen LogP contribution >= 0.6 is 19.4 Å². The van der Waals surface area contributed by atoms with Crippen molar-refractivity contribution in [1.82, 2.24) is 24.8 Å². The fraction of sp³-hybridized carbons (Fsp3) is 0.488. The highest BCUT2D eigenvalue weighted by molar-refractivity contribution is 7.46. The Morgan fingerprint density at radius 1 is 1.02 bits per heavy atom. The predicted octanol–water partition coefficient (Wildman–Crippen LogP) is 6.55. The van der Waals surface area contributed by atoms with Crippen molar-refractivity contribution in [3.63, 3.8) is 0 Å². The van der Waals surface area contributed by atoms with Gasteiger partial charge in [0.15, 0.2) is 12.6 Å². The summed E-state index contributed by atoms with van der Waals surface area (Å²) in [5, 5.41) is 0.241. The maximum atomic E-state index is 17.5. The lowest BCUT2D eigenvalue weighted by Gasteiger charge is -2.41. The second kappa shape index (κ2) is 16.8. The Kier molecular flexibility index (Phi) is 11.8. The van der Waals surface area contributed by atoms with Crippen molar-refractivity contribution in [2.75, 3.05) is 44.5 Å². The van der Waals surface area contributed by atoms with E-state index in [1.807, 2.05) is 4.90 Å². The third kappa shape index (κ3) is 8.39. The van der Waals surface area contributed by atoms with Crippen molar-refractivity contribution in [2.45, 2.75) is 83.2 Å². The third-order valence-corrected chi connectivity index (χ3v) is 12.6. The first kappa shape index (κ1) is 42.8. The fourth-order valence-electron chi connectivity index (χ4n) is 9.11. The molecule has 1 amide bonds. The molecule has 2 aromatic carbocycles. The average Bonchev–Trinajstić information content (AvgIpc) is 3.87. The smallest absolute Gasteiger partial charge is 0.467 e. The van der Waals surface area contributed by atoms with Crippen molar-refractivity contribution >= 4 is 59.0 Å². The second-order valence-corrected chi connectivity index (χ2v) is 17.7. The molecule has 2 aromatic heterocycles. The maximum absolute atomic E-state index is 17.5. The third-order valence-electron chi connectivity index (χ3n) is 11.9. The van der Waals surface area contributed by atoms with E-state index in [2.05, 4.69) is 25.3 Å². The number of rotatable bonds is 12. The van der Waals surface area contributed by atoms with Crippen molar-refractivity contribution < 1.29 is 56.2 Å². The Morgan fingerprint density at radius 2 is 1.72 bits per heavy atom. The molecular formula is C41H44ClF2N6O10P. The number of terminal acetylenes is 1. The molecule has 2 N–H and O–H groups in total. The summed E-state index contributed by atoms with van der Waals surface area (Å²) in [4.78, 5) is 63.9. The Labute approximate surface area is 354 Å². The summed E-state index contributed by atoms with van der Waals surface area (Å²) in [7, 11) is -4.91. The predicted molar refractivity (Wildman–Crippen MR) is 218 cm³/mol. The monoisotopic (exact) mass is 884 g/mol. The summed E-state index contributed by atoms with van der Waals surface area (Å²) in [6.07, 6.45) is 9.19. The number of aromatic nitrogens is 3. The molecular weight excluding hydrogens is 841 g/mol. The zero-order valence-electron chi connectivity index (χ0n) is 33.6. The molecule has 16 nitrogen and oxygen atoms in total. The van der Waals surface area contributed by atoms with Crippen LogP contribution in [0.25, 0.3) is 32.9 Å². The van der Waals surface area contributed by atoms with E-state index < -0.39 is 50.5 Å². The number of nitrogens with zero attached hydrogens (tertiary/aromatic N) is 6. The normalized spacial score (nSPS) is 20.3. The van der Waals surface area contributed by atoms with Crippen LogP contribution in [0, 0.1) is 29.9 Å². The standard InChI is InChI=1S/C41H44ClF2N6O10P/c1-5-28-30(43)11-8-24-16-27(57-21-58-61(53,54)55)17-29(31(24)28)34-33(44)35-32(36(42)45-34)37(47-39(46-35)56-20-41-12-6-14-49(41)15-7-13-41)48-18-25-9-10-26(19-48)50(25)40(52)60-23(4)59-38(51)22(2)3/h1,8,11,16-17,22-23,25-26H,6-7,9-10,12-15,18-21H2,2-4H3,(H2,53,54,55). The van der Waals surface area contributed by atoms with Crippen LogP contribution in [0.1, 0.15) is 64.9 Å². The number of fused-ring (bicyclic) bond motifs is 5. The van der Waals surface area contributed by atoms with Crippen molar-refractivity contribution in [3.8, 4) is 35.4 Å². The van der Waals surface area contributed by atoms with Crippen LogP contribution in [0.15, 0.2) is 24.3 Å². The Morgan fingerprint density at radius 3 is 2.38 bits per heavy atom. The lowest BCUT2D eigenvalue weighted by molar-refractivity contribution is -0.170. The van der Waals surface area contributed by atoms with E-state index >= 15 is 8.78 Å². The number of amides is 1. The number of phosphoric acid groups is 1. The van der Waals surface area contributed by atoms with Crippen molar-refractivity contribution in [3.05, 3.63) is 46.6 Å². The molecule has 0 radical (unpaired) electrons. The van der Waals surface area contributed by atoms with Gasteiger partial charge in [0.05, 0.1) is 34.5 Å². The molecule has 0 saturated carbocycles. The van der Waals surface area contributed by atoms with Crippen LogP contribution < -0.4 is 14.4 Å². The zero-order chi connectivity index (χ0) is 43.4. The van der Waals surface area contributed by atoms with Gasteiger partial charge >= 0.3 is 25.9 Å². The fourth-order valence-corrected chi connectivity index (χ4v) is 9.56. The number of ether oxygens (including phenoxy) is 4. The number of carbonyl (C=O) groups is 2. The van der Waals surface area contributed by atoms with Gasteiger partial charge < -0.3 is 33.6 Å². The molecule has 6 heterocycles. The summed E-state index contributed by atoms with van der Waals surface area (Å²) in [6.45, 7) is 6.63. The van der Waals surface area contributed by atoms with E-state index in [9.17, 15) is 23.9 Å². The molecule has 4 aromatic rings. The van der Waals surface area contributed by atoms with Crippen molar-refractivity contribution in [1.29, 1.82) is 0 Å². The minimum atomic E-state index is -4.91. The molecule has 324 valence electrons.